The van der Waals surface area contributed by atoms with E-state index in [9.17, 15) is 0 Å². The topological polar surface area (TPSA) is 73.9 Å². The molecule has 0 spiro atoms. The zero-order chi connectivity index (χ0) is 9.26. The van der Waals surface area contributed by atoms with Gasteiger partial charge < -0.3 is 10.5 Å². The van der Waals surface area contributed by atoms with Gasteiger partial charge in [0.2, 0.25) is 11.8 Å². The van der Waals surface area contributed by atoms with Crippen molar-refractivity contribution in [2.75, 3.05) is 12.8 Å². The van der Waals surface area contributed by atoms with Crippen molar-refractivity contribution in [3.8, 4) is 5.88 Å². The van der Waals surface area contributed by atoms with Crippen molar-refractivity contribution in [2.24, 2.45) is 0 Å². The molecular formula is C8H8N4O. The quantitative estimate of drug-likeness (QED) is 0.689. The highest BCUT2D eigenvalue weighted by Gasteiger charge is 2.05. The Bertz CT molecular complexity index is 443. The molecule has 0 amide bonds. The van der Waals surface area contributed by atoms with Gasteiger partial charge in [-0.15, -0.1) is 0 Å². The third kappa shape index (κ3) is 1.24. The molecule has 2 heterocycles. The Morgan fingerprint density at radius 3 is 3.00 bits per heavy atom. The van der Waals surface area contributed by atoms with Crippen molar-refractivity contribution < 1.29 is 4.74 Å². The van der Waals surface area contributed by atoms with Gasteiger partial charge in [-0.25, -0.2) is 4.98 Å². The van der Waals surface area contributed by atoms with Crippen molar-refractivity contribution in [2.45, 2.75) is 0 Å². The first-order chi connectivity index (χ1) is 6.31. The van der Waals surface area contributed by atoms with E-state index in [2.05, 4.69) is 15.0 Å². The predicted octanol–water partition coefficient (Wildman–Crippen LogP) is 0.616. The Labute approximate surface area is 74.6 Å². The summed E-state index contributed by atoms with van der Waals surface area (Å²) in [5.41, 5.74) is 6.01. The average molecular weight is 176 g/mol. The van der Waals surface area contributed by atoms with Crippen LogP contribution in [-0.2, 0) is 0 Å². The lowest BCUT2D eigenvalue weighted by molar-refractivity contribution is 0.403. The van der Waals surface area contributed by atoms with Crippen LogP contribution >= 0.6 is 0 Å². The normalized spacial score (nSPS) is 10.2. The van der Waals surface area contributed by atoms with Crippen LogP contribution in [0.2, 0.25) is 0 Å². The van der Waals surface area contributed by atoms with Crippen molar-refractivity contribution in [3.05, 3.63) is 18.3 Å². The fourth-order valence-corrected chi connectivity index (χ4v) is 1.11. The Morgan fingerprint density at radius 1 is 1.38 bits per heavy atom. The smallest absolute Gasteiger partial charge is 0.227 e. The Morgan fingerprint density at radius 2 is 2.23 bits per heavy atom. The first-order valence-electron chi connectivity index (χ1n) is 3.73. The molecule has 0 bridgehead atoms. The van der Waals surface area contributed by atoms with E-state index in [0.29, 0.717) is 11.5 Å². The molecule has 0 aliphatic carbocycles. The summed E-state index contributed by atoms with van der Waals surface area (Å²) in [5.74, 6) is 0.624. The third-order valence-electron chi connectivity index (χ3n) is 1.65. The summed E-state index contributed by atoms with van der Waals surface area (Å²) in [5, 5.41) is 0.763. The second-order valence-corrected chi connectivity index (χ2v) is 2.47. The van der Waals surface area contributed by atoms with Crippen LogP contribution in [0, 0.1) is 0 Å². The number of methoxy groups -OCH3 is 1. The molecule has 2 N–H and O–H groups in total. The number of nitrogen functional groups attached to an aromatic ring is 1. The van der Waals surface area contributed by atoms with Gasteiger partial charge >= 0.3 is 0 Å². The highest BCUT2D eigenvalue weighted by Crippen LogP contribution is 2.20. The second-order valence-electron chi connectivity index (χ2n) is 2.47. The number of anilines is 1. The second kappa shape index (κ2) is 2.85. The van der Waals surface area contributed by atoms with Crippen LogP contribution in [0.5, 0.6) is 5.88 Å². The van der Waals surface area contributed by atoms with Crippen LogP contribution in [0.1, 0.15) is 0 Å². The van der Waals surface area contributed by atoms with E-state index < -0.39 is 0 Å². The largest absolute Gasteiger partial charge is 0.480 e. The standard InChI is InChI=1S/C8H8N4O/c1-13-7-5-3-2-4-10-6(5)11-8(9)12-7/h2-4H,1H3,(H2,9,10,11,12). The number of rotatable bonds is 1. The molecule has 66 valence electrons. The number of ether oxygens (including phenoxy) is 1. The van der Waals surface area contributed by atoms with Gasteiger partial charge in [-0.1, -0.05) is 0 Å². The lowest BCUT2D eigenvalue weighted by atomic mass is 10.3. The molecule has 2 rings (SSSR count). The molecule has 0 atom stereocenters. The molecule has 2 aromatic rings. The molecule has 0 aliphatic heterocycles. The summed E-state index contributed by atoms with van der Waals surface area (Å²) < 4.78 is 5.04. The fraction of sp³-hybridized carbons (Fsp3) is 0.125. The minimum atomic E-state index is 0.169. The number of hydrogen-bond donors (Lipinski definition) is 1. The molecule has 0 radical (unpaired) electrons. The molecule has 5 heteroatoms. The van der Waals surface area contributed by atoms with Crippen molar-refractivity contribution >= 4 is 17.0 Å². The van der Waals surface area contributed by atoms with Gasteiger partial charge in [-0.05, 0) is 12.1 Å². The van der Waals surface area contributed by atoms with Crippen molar-refractivity contribution in [3.63, 3.8) is 0 Å². The summed E-state index contributed by atoms with van der Waals surface area (Å²) in [7, 11) is 1.54. The number of fused-ring (bicyclic) bond motifs is 1. The summed E-state index contributed by atoms with van der Waals surface area (Å²) in [6.07, 6.45) is 1.65. The van der Waals surface area contributed by atoms with E-state index in [1.807, 2.05) is 6.07 Å². The Kier molecular flexibility index (Phi) is 1.70. The van der Waals surface area contributed by atoms with Gasteiger partial charge in [0.05, 0.1) is 12.5 Å². The maximum Gasteiger partial charge on any atom is 0.227 e. The highest BCUT2D eigenvalue weighted by molar-refractivity contribution is 5.80. The summed E-state index contributed by atoms with van der Waals surface area (Å²) in [4.78, 5) is 11.9. The molecule has 0 unspecified atom stereocenters. The van der Waals surface area contributed by atoms with E-state index in [4.69, 9.17) is 10.5 Å². The molecular weight excluding hydrogens is 168 g/mol. The lowest BCUT2D eigenvalue weighted by Crippen LogP contribution is -1.99. The van der Waals surface area contributed by atoms with Crippen molar-refractivity contribution in [1.29, 1.82) is 0 Å². The molecule has 0 aliphatic rings. The van der Waals surface area contributed by atoms with Gasteiger partial charge in [0.15, 0.2) is 5.65 Å². The van der Waals surface area contributed by atoms with E-state index in [1.54, 1.807) is 12.3 Å². The minimum Gasteiger partial charge on any atom is -0.480 e. The van der Waals surface area contributed by atoms with Crippen LogP contribution in [0.3, 0.4) is 0 Å². The lowest BCUT2D eigenvalue weighted by Gasteiger charge is -2.02. The number of nitrogens with two attached hydrogens (primary N) is 1. The Hall–Kier alpha value is -1.91. The zero-order valence-electron chi connectivity index (χ0n) is 7.06. The third-order valence-corrected chi connectivity index (χ3v) is 1.65. The molecule has 0 fully saturated rings. The van der Waals surface area contributed by atoms with Crippen molar-refractivity contribution in [1.82, 2.24) is 15.0 Å². The summed E-state index contributed by atoms with van der Waals surface area (Å²) >= 11 is 0. The summed E-state index contributed by atoms with van der Waals surface area (Å²) in [6, 6.07) is 3.63. The van der Waals surface area contributed by atoms with Crippen LogP contribution in [0.25, 0.3) is 11.0 Å². The SMILES string of the molecule is COc1nc(N)nc2ncccc12. The van der Waals surface area contributed by atoms with Gasteiger partial charge in [0, 0.05) is 6.20 Å². The Balaban J connectivity index is 2.81. The number of aromatic nitrogens is 3. The first kappa shape index (κ1) is 7.72. The molecule has 2 aromatic heterocycles. The van der Waals surface area contributed by atoms with Crippen LogP contribution in [-0.4, -0.2) is 22.1 Å². The van der Waals surface area contributed by atoms with E-state index >= 15 is 0 Å². The molecule has 0 aromatic carbocycles. The average Bonchev–Trinajstić information content (AvgIpc) is 2.16. The van der Waals surface area contributed by atoms with Gasteiger partial charge in [-0.3, -0.25) is 0 Å². The van der Waals surface area contributed by atoms with E-state index in [-0.39, 0.29) is 5.95 Å². The molecule has 5 nitrogen and oxygen atoms in total. The van der Waals surface area contributed by atoms with Crippen LogP contribution in [0.15, 0.2) is 18.3 Å². The monoisotopic (exact) mass is 176 g/mol. The number of hydrogen-bond acceptors (Lipinski definition) is 5. The van der Waals surface area contributed by atoms with Gasteiger partial charge in [0.25, 0.3) is 0 Å². The maximum absolute atomic E-state index is 5.46. The first-order valence-corrected chi connectivity index (χ1v) is 3.73. The fourth-order valence-electron chi connectivity index (χ4n) is 1.11. The van der Waals surface area contributed by atoms with Crippen LogP contribution in [0.4, 0.5) is 5.95 Å². The van der Waals surface area contributed by atoms with Gasteiger partial charge in [0.1, 0.15) is 0 Å². The maximum atomic E-state index is 5.46. The predicted molar refractivity (Wildman–Crippen MR) is 48.3 cm³/mol. The molecule has 0 saturated carbocycles. The highest BCUT2D eigenvalue weighted by atomic mass is 16.5. The molecule has 0 saturated heterocycles. The number of nitrogens with zero attached hydrogens (tertiary/aromatic N) is 3. The van der Waals surface area contributed by atoms with Crippen LogP contribution < -0.4 is 10.5 Å². The van der Waals surface area contributed by atoms with E-state index in [1.165, 1.54) is 7.11 Å². The molecule has 13 heavy (non-hydrogen) atoms. The zero-order valence-corrected chi connectivity index (χ0v) is 7.06. The number of pyridine rings is 1. The van der Waals surface area contributed by atoms with Gasteiger partial charge in [-0.2, -0.15) is 9.97 Å². The van der Waals surface area contributed by atoms with E-state index in [0.717, 1.165) is 5.39 Å². The minimum absolute atomic E-state index is 0.169. The summed E-state index contributed by atoms with van der Waals surface area (Å²) in [6.45, 7) is 0.